The van der Waals surface area contributed by atoms with Crippen LogP contribution in [-0.4, -0.2) is 36.1 Å². The number of halogens is 4. The van der Waals surface area contributed by atoms with Gasteiger partial charge in [-0.1, -0.05) is 54.1 Å². The van der Waals surface area contributed by atoms with Crippen molar-refractivity contribution in [2.75, 3.05) is 20.1 Å². The molecule has 4 nitrogen and oxygen atoms in total. The summed E-state index contributed by atoms with van der Waals surface area (Å²) in [6.07, 6.45) is -3.23. The average molecular weight is 504 g/mol. The highest BCUT2D eigenvalue weighted by atomic mass is 35.5. The maximum atomic E-state index is 13.6. The van der Waals surface area contributed by atoms with Crippen LogP contribution >= 0.6 is 11.6 Å². The van der Waals surface area contributed by atoms with E-state index in [4.69, 9.17) is 21.4 Å². The Balaban J connectivity index is 1.70. The monoisotopic (exact) mass is 503 g/mol. The molecule has 1 aliphatic rings. The molecule has 0 bridgehead atoms. The van der Waals surface area contributed by atoms with Crippen molar-refractivity contribution in [3.8, 4) is 11.1 Å². The van der Waals surface area contributed by atoms with Gasteiger partial charge in [0.1, 0.15) is 5.60 Å². The third-order valence-corrected chi connectivity index (χ3v) is 6.59. The first-order valence-electron chi connectivity index (χ1n) is 11.2. The highest BCUT2D eigenvalue weighted by molar-refractivity contribution is 6.30. The fourth-order valence-corrected chi connectivity index (χ4v) is 4.88. The van der Waals surface area contributed by atoms with Crippen LogP contribution in [0.25, 0.3) is 11.1 Å². The number of likely N-dealkylation sites (N-methyl/N-ethyl adjacent to an activating group) is 1. The Morgan fingerprint density at radius 2 is 1.83 bits per heavy atom. The smallest absolute Gasteiger partial charge is 0.417 e. The summed E-state index contributed by atoms with van der Waals surface area (Å²) in [6, 6.07) is 18.2. The standard InChI is InChI=1S/C27H25ClF3NO3/c1-32(16-25(33)34)14-4-13-26(20-8-10-21(28)11-9-20)23-12-7-18(15-19(23)17-35-26)22-5-2-3-6-24(22)27(29,30)31/h2-3,5-12,15H,4,13-14,16-17H2,1H3,(H,33,34). The van der Waals surface area contributed by atoms with Crippen LogP contribution in [0.5, 0.6) is 0 Å². The number of fused-ring (bicyclic) bond motifs is 1. The third kappa shape index (κ3) is 5.37. The Bertz CT molecular complexity index is 1210. The molecule has 0 saturated carbocycles. The van der Waals surface area contributed by atoms with Crippen molar-refractivity contribution in [1.82, 2.24) is 4.90 Å². The van der Waals surface area contributed by atoms with Gasteiger partial charge in [0.25, 0.3) is 0 Å². The Morgan fingerprint density at radius 1 is 1.11 bits per heavy atom. The van der Waals surface area contributed by atoms with Crippen molar-refractivity contribution in [1.29, 1.82) is 0 Å². The zero-order valence-electron chi connectivity index (χ0n) is 19.1. The first kappa shape index (κ1) is 25.2. The van der Waals surface area contributed by atoms with Crippen molar-refractivity contribution in [2.24, 2.45) is 0 Å². The normalized spacial score (nSPS) is 17.5. The second kappa shape index (κ2) is 10.0. The molecule has 8 heteroatoms. The first-order chi connectivity index (χ1) is 16.6. The SMILES string of the molecule is CN(CCCC1(c2ccc(Cl)cc2)OCc2cc(-c3ccccc3C(F)(F)F)ccc21)CC(=O)O. The van der Waals surface area contributed by atoms with E-state index in [0.29, 0.717) is 30.0 Å². The van der Waals surface area contributed by atoms with Gasteiger partial charge in [0, 0.05) is 5.02 Å². The van der Waals surface area contributed by atoms with Gasteiger partial charge in [0.05, 0.1) is 18.7 Å². The number of rotatable bonds is 8. The topological polar surface area (TPSA) is 49.8 Å². The van der Waals surface area contributed by atoms with E-state index in [1.54, 1.807) is 42.3 Å². The van der Waals surface area contributed by atoms with Gasteiger partial charge in [-0.25, -0.2) is 0 Å². The molecule has 3 aromatic rings. The first-order valence-corrected chi connectivity index (χ1v) is 11.6. The number of hydrogen-bond donors (Lipinski definition) is 1. The van der Waals surface area contributed by atoms with Crippen LogP contribution in [0, 0.1) is 0 Å². The van der Waals surface area contributed by atoms with E-state index in [1.165, 1.54) is 12.1 Å². The van der Waals surface area contributed by atoms with E-state index >= 15 is 0 Å². The van der Waals surface area contributed by atoms with E-state index in [-0.39, 0.29) is 18.7 Å². The number of carbonyl (C=O) groups is 1. The van der Waals surface area contributed by atoms with Gasteiger partial charge in [-0.05, 0) is 78.5 Å². The lowest BCUT2D eigenvalue weighted by Crippen LogP contribution is -2.31. The number of ether oxygens (including phenoxy) is 1. The summed E-state index contributed by atoms with van der Waals surface area (Å²) in [5, 5.41) is 9.61. The minimum absolute atomic E-state index is 0.0621. The van der Waals surface area contributed by atoms with Gasteiger partial charge in [-0.2, -0.15) is 13.2 Å². The Labute approximate surface area is 206 Å². The van der Waals surface area contributed by atoms with Gasteiger partial charge in [-0.3, -0.25) is 9.69 Å². The highest BCUT2D eigenvalue weighted by Gasteiger charge is 2.42. The molecule has 184 valence electrons. The molecule has 0 saturated heterocycles. The molecule has 1 aliphatic heterocycles. The number of hydrogen-bond acceptors (Lipinski definition) is 3. The molecule has 0 radical (unpaired) electrons. The molecule has 0 fully saturated rings. The van der Waals surface area contributed by atoms with Crippen LogP contribution in [0.15, 0.2) is 66.7 Å². The molecule has 1 unspecified atom stereocenters. The Hall–Kier alpha value is -2.87. The molecular weight excluding hydrogens is 479 g/mol. The summed E-state index contributed by atoms with van der Waals surface area (Å²) in [6.45, 7) is 0.746. The number of nitrogens with zero attached hydrogens (tertiary/aromatic N) is 1. The average Bonchev–Trinajstić information content (AvgIpc) is 3.17. The number of alkyl halides is 3. The molecule has 4 rings (SSSR count). The van der Waals surface area contributed by atoms with Crippen molar-refractivity contribution >= 4 is 17.6 Å². The minimum atomic E-state index is -4.46. The number of carboxylic acids is 1. The molecule has 0 aromatic heterocycles. The van der Waals surface area contributed by atoms with Crippen LogP contribution in [0.3, 0.4) is 0 Å². The van der Waals surface area contributed by atoms with Gasteiger partial charge < -0.3 is 9.84 Å². The number of benzene rings is 3. The summed E-state index contributed by atoms with van der Waals surface area (Å²) < 4.78 is 47.2. The molecule has 1 heterocycles. The highest BCUT2D eigenvalue weighted by Crippen LogP contribution is 2.47. The van der Waals surface area contributed by atoms with Crippen molar-refractivity contribution in [2.45, 2.75) is 31.2 Å². The van der Waals surface area contributed by atoms with Crippen LogP contribution in [0.4, 0.5) is 13.2 Å². The van der Waals surface area contributed by atoms with Gasteiger partial charge in [-0.15, -0.1) is 0 Å². The van der Waals surface area contributed by atoms with Gasteiger partial charge in [0.2, 0.25) is 0 Å². The van der Waals surface area contributed by atoms with Crippen LogP contribution in [0.2, 0.25) is 5.02 Å². The maximum absolute atomic E-state index is 13.6. The van der Waals surface area contributed by atoms with E-state index in [9.17, 15) is 18.0 Å². The van der Waals surface area contributed by atoms with E-state index < -0.39 is 23.3 Å². The molecule has 0 amide bonds. The Morgan fingerprint density at radius 3 is 2.51 bits per heavy atom. The number of aliphatic carboxylic acids is 1. The summed E-state index contributed by atoms with van der Waals surface area (Å²) in [5.41, 5.74) is 1.75. The lowest BCUT2D eigenvalue weighted by atomic mass is 9.81. The predicted octanol–water partition coefficient (Wildman–Crippen LogP) is 6.60. The van der Waals surface area contributed by atoms with E-state index in [0.717, 1.165) is 22.8 Å². The fourth-order valence-electron chi connectivity index (χ4n) is 4.75. The van der Waals surface area contributed by atoms with Crippen LogP contribution in [-0.2, 0) is 27.9 Å². The quantitative estimate of drug-likeness (QED) is 0.376. The third-order valence-electron chi connectivity index (χ3n) is 6.34. The second-order valence-corrected chi connectivity index (χ2v) is 9.21. The maximum Gasteiger partial charge on any atom is 0.417 e. The number of carboxylic acid groups (broad SMARTS) is 1. The van der Waals surface area contributed by atoms with Gasteiger partial charge in [0.15, 0.2) is 0 Å². The summed E-state index contributed by atoms with van der Waals surface area (Å²) in [7, 11) is 1.75. The molecule has 0 spiro atoms. The van der Waals surface area contributed by atoms with E-state index in [2.05, 4.69) is 0 Å². The molecule has 0 aliphatic carbocycles. The molecule has 35 heavy (non-hydrogen) atoms. The van der Waals surface area contributed by atoms with Gasteiger partial charge >= 0.3 is 12.1 Å². The van der Waals surface area contributed by atoms with Crippen molar-refractivity contribution in [3.05, 3.63) is 94.0 Å². The summed E-state index contributed by atoms with van der Waals surface area (Å²) in [4.78, 5) is 12.7. The fraction of sp³-hybridized carbons (Fsp3) is 0.296. The van der Waals surface area contributed by atoms with Crippen molar-refractivity contribution < 1.29 is 27.8 Å². The molecule has 1 N–H and O–H groups in total. The van der Waals surface area contributed by atoms with Crippen LogP contribution in [0.1, 0.15) is 35.1 Å². The van der Waals surface area contributed by atoms with Crippen LogP contribution < -0.4 is 0 Å². The van der Waals surface area contributed by atoms with E-state index in [1.807, 2.05) is 18.2 Å². The predicted molar refractivity (Wildman–Crippen MR) is 128 cm³/mol. The van der Waals surface area contributed by atoms with Crippen molar-refractivity contribution in [3.63, 3.8) is 0 Å². The summed E-state index contributed by atoms with van der Waals surface area (Å²) >= 11 is 6.10. The molecular formula is C27H25ClF3NO3. The molecule has 3 aromatic carbocycles. The zero-order chi connectivity index (χ0) is 25.2. The lowest BCUT2D eigenvalue weighted by molar-refractivity contribution is -0.138. The largest absolute Gasteiger partial charge is 0.480 e. The Kier molecular flexibility index (Phi) is 7.22. The zero-order valence-corrected chi connectivity index (χ0v) is 19.9. The molecule has 1 atom stereocenters. The minimum Gasteiger partial charge on any atom is -0.480 e. The lowest BCUT2D eigenvalue weighted by Gasteiger charge is -2.31. The summed E-state index contributed by atoms with van der Waals surface area (Å²) in [5.74, 6) is -0.894. The second-order valence-electron chi connectivity index (χ2n) is 8.77.